The van der Waals surface area contributed by atoms with Gasteiger partial charge >= 0.3 is 0 Å². The molecule has 4 nitrogen and oxygen atoms in total. The van der Waals surface area contributed by atoms with Crippen molar-refractivity contribution in [2.24, 2.45) is 0 Å². The first-order chi connectivity index (χ1) is 9.32. The van der Waals surface area contributed by atoms with Gasteiger partial charge in [-0.2, -0.15) is 11.8 Å². The molecule has 1 aromatic rings. The molecule has 1 aromatic carbocycles. The third-order valence-corrected chi connectivity index (χ3v) is 5.98. The molecule has 0 bridgehead atoms. The molecule has 1 heterocycles. The summed E-state index contributed by atoms with van der Waals surface area (Å²) in [6, 6.07) is 4.48. The second kappa shape index (κ2) is 5.91. The summed E-state index contributed by atoms with van der Waals surface area (Å²) >= 11 is 1.57. The molecule has 0 spiro atoms. The van der Waals surface area contributed by atoms with Gasteiger partial charge in [0.05, 0.1) is 6.10 Å². The second-order valence-corrected chi connectivity index (χ2v) is 8.25. The first-order valence-corrected chi connectivity index (χ1v) is 9.43. The second-order valence-electron chi connectivity index (χ2n) is 4.90. The van der Waals surface area contributed by atoms with Gasteiger partial charge in [-0.25, -0.2) is 12.8 Å². The van der Waals surface area contributed by atoms with Gasteiger partial charge in [0, 0.05) is 35.6 Å². The Morgan fingerprint density at radius 1 is 1.50 bits per heavy atom. The van der Waals surface area contributed by atoms with Gasteiger partial charge in [-0.3, -0.25) is 0 Å². The number of anilines is 1. The Morgan fingerprint density at radius 2 is 2.20 bits per heavy atom. The van der Waals surface area contributed by atoms with Crippen LogP contribution in [0, 0.1) is 5.82 Å². The van der Waals surface area contributed by atoms with E-state index in [-0.39, 0.29) is 5.56 Å². The zero-order valence-electron chi connectivity index (χ0n) is 11.4. The summed E-state index contributed by atoms with van der Waals surface area (Å²) in [5.74, 6) is 0.721. The summed E-state index contributed by atoms with van der Waals surface area (Å²) in [6.45, 7) is 2.00. The molecule has 0 saturated carbocycles. The molecule has 0 amide bonds. The van der Waals surface area contributed by atoms with Crippen LogP contribution in [0.1, 0.15) is 18.6 Å². The van der Waals surface area contributed by atoms with Crippen molar-refractivity contribution in [2.75, 3.05) is 29.2 Å². The van der Waals surface area contributed by atoms with Crippen LogP contribution in [0.3, 0.4) is 0 Å². The van der Waals surface area contributed by atoms with Gasteiger partial charge in [-0.1, -0.05) is 6.07 Å². The lowest BCUT2D eigenvalue weighted by Crippen LogP contribution is -2.47. The Labute approximate surface area is 122 Å². The summed E-state index contributed by atoms with van der Waals surface area (Å²) in [4.78, 5) is 1.69. The number of sulfone groups is 1. The minimum absolute atomic E-state index is 0.160. The van der Waals surface area contributed by atoms with Crippen molar-refractivity contribution in [3.63, 3.8) is 0 Å². The van der Waals surface area contributed by atoms with Crippen LogP contribution in [0.4, 0.5) is 10.1 Å². The number of benzene rings is 1. The van der Waals surface area contributed by atoms with Crippen molar-refractivity contribution in [3.05, 3.63) is 29.6 Å². The van der Waals surface area contributed by atoms with Crippen LogP contribution < -0.4 is 4.90 Å². The standard InChI is InChI=1S/C13H18FNO3S2/c1-9(16)13-10(14)4-3-5-11(13)15-6-7-19-8-12(15)20(2,17)18/h3-5,9,12,16H,6-8H2,1-2H3. The van der Waals surface area contributed by atoms with Gasteiger partial charge in [0.15, 0.2) is 9.84 Å². The normalized spacial score (nSPS) is 21.8. The van der Waals surface area contributed by atoms with Gasteiger partial charge in [-0.05, 0) is 19.1 Å². The summed E-state index contributed by atoms with van der Waals surface area (Å²) in [5, 5.41) is 9.10. The molecule has 112 valence electrons. The van der Waals surface area contributed by atoms with E-state index in [9.17, 15) is 17.9 Å². The average Bonchev–Trinajstić information content (AvgIpc) is 2.37. The Bertz CT molecular complexity index is 589. The van der Waals surface area contributed by atoms with E-state index >= 15 is 0 Å². The molecular formula is C13H18FNO3S2. The highest BCUT2D eigenvalue weighted by atomic mass is 32.2. The van der Waals surface area contributed by atoms with Gasteiger partial charge in [0.25, 0.3) is 0 Å². The maximum atomic E-state index is 13.9. The lowest BCUT2D eigenvalue weighted by molar-refractivity contribution is 0.194. The van der Waals surface area contributed by atoms with Crippen molar-refractivity contribution < 1.29 is 17.9 Å². The Kier molecular flexibility index (Phi) is 4.61. The van der Waals surface area contributed by atoms with Crippen LogP contribution in [0.2, 0.25) is 0 Å². The van der Waals surface area contributed by atoms with Crippen LogP contribution in [0.15, 0.2) is 18.2 Å². The van der Waals surface area contributed by atoms with E-state index in [0.29, 0.717) is 18.0 Å². The number of hydrogen-bond donors (Lipinski definition) is 1. The van der Waals surface area contributed by atoms with Gasteiger partial charge in [0.1, 0.15) is 11.2 Å². The fourth-order valence-corrected chi connectivity index (χ4v) is 5.23. The third-order valence-electron chi connectivity index (χ3n) is 3.34. The first kappa shape index (κ1) is 15.6. The molecule has 20 heavy (non-hydrogen) atoms. The van der Waals surface area contributed by atoms with Crippen LogP contribution in [-0.2, 0) is 9.84 Å². The molecule has 0 radical (unpaired) electrons. The summed E-state index contributed by atoms with van der Waals surface area (Å²) < 4.78 is 37.8. The number of nitrogens with zero attached hydrogens (tertiary/aromatic N) is 1. The van der Waals surface area contributed by atoms with Crippen molar-refractivity contribution in [2.45, 2.75) is 18.4 Å². The third kappa shape index (κ3) is 3.10. The fourth-order valence-electron chi connectivity index (χ4n) is 2.40. The zero-order chi connectivity index (χ0) is 14.9. The highest BCUT2D eigenvalue weighted by molar-refractivity contribution is 8.01. The van der Waals surface area contributed by atoms with Crippen LogP contribution in [-0.4, -0.2) is 43.2 Å². The van der Waals surface area contributed by atoms with Crippen molar-refractivity contribution in [1.82, 2.24) is 0 Å². The summed E-state index contributed by atoms with van der Waals surface area (Å²) in [5.41, 5.74) is 0.628. The first-order valence-electron chi connectivity index (χ1n) is 6.32. The van der Waals surface area contributed by atoms with Gasteiger partial charge in [-0.15, -0.1) is 0 Å². The van der Waals surface area contributed by atoms with E-state index in [4.69, 9.17) is 0 Å². The summed E-state index contributed by atoms with van der Waals surface area (Å²) in [7, 11) is -3.28. The molecule has 2 unspecified atom stereocenters. The Hall–Kier alpha value is -0.790. The fraction of sp³-hybridized carbons (Fsp3) is 0.538. The number of halogens is 1. The van der Waals surface area contributed by atoms with E-state index in [1.807, 2.05) is 0 Å². The zero-order valence-corrected chi connectivity index (χ0v) is 13.0. The van der Waals surface area contributed by atoms with Crippen molar-refractivity contribution in [3.8, 4) is 0 Å². The molecule has 1 fully saturated rings. The molecule has 0 aliphatic carbocycles. The van der Waals surface area contributed by atoms with Gasteiger partial charge in [0.2, 0.25) is 0 Å². The van der Waals surface area contributed by atoms with Crippen molar-refractivity contribution >= 4 is 27.3 Å². The van der Waals surface area contributed by atoms with Crippen LogP contribution in [0.5, 0.6) is 0 Å². The molecule has 1 aliphatic rings. The average molecular weight is 319 g/mol. The topological polar surface area (TPSA) is 57.6 Å². The van der Waals surface area contributed by atoms with Gasteiger partial charge < -0.3 is 10.0 Å². The predicted octanol–water partition coefficient (Wildman–Crippen LogP) is 1.80. The predicted molar refractivity (Wildman–Crippen MR) is 80.3 cm³/mol. The molecular weight excluding hydrogens is 301 g/mol. The van der Waals surface area contributed by atoms with E-state index in [1.54, 1.807) is 22.7 Å². The maximum absolute atomic E-state index is 13.9. The van der Waals surface area contributed by atoms with E-state index in [1.165, 1.54) is 25.3 Å². The molecule has 7 heteroatoms. The molecule has 1 aliphatic heterocycles. The minimum Gasteiger partial charge on any atom is -0.389 e. The molecule has 1 saturated heterocycles. The molecule has 2 atom stereocenters. The number of hydrogen-bond acceptors (Lipinski definition) is 5. The van der Waals surface area contributed by atoms with Crippen LogP contribution >= 0.6 is 11.8 Å². The van der Waals surface area contributed by atoms with Crippen LogP contribution in [0.25, 0.3) is 0 Å². The molecule has 2 rings (SSSR count). The van der Waals surface area contributed by atoms with E-state index < -0.39 is 27.1 Å². The highest BCUT2D eigenvalue weighted by Gasteiger charge is 2.33. The molecule has 1 N–H and O–H groups in total. The number of rotatable bonds is 3. The van der Waals surface area contributed by atoms with Crippen molar-refractivity contribution in [1.29, 1.82) is 0 Å². The number of aliphatic hydroxyl groups excluding tert-OH is 1. The monoisotopic (exact) mass is 319 g/mol. The summed E-state index contributed by atoms with van der Waals surface area (Å²) in [6.07, 6.45) is 0.207. The Morgan fingerprint density at radius 3 is 2.80 bits per heavy atom. The quantitative estimate of drug-likeness (QED) is 0.921. The maximum Gasteiger partial charge on any atom is 0.169 e. The lowest BCUT2D eigenvalue weighted by atomic mass is 10.1. The van der Waals surface area contributed by atoms with E-state index in [2.05, 4.69) is 0 Å². The Balaban J connectivity index is 2.51. The van der Waals surface area contributed by atoms with E-state index in [0.717, 1.165) is 5.75 Å². The smallest absolute Gasteiger partial charge is 0.169 e. The number of thioether (sulfide) groups is 1. The largest absolute Gasteiger partial charge is 0.389 e. The molecule has 0 aromatic heterocycles. The minimum atomic E-state index is -3.28. The SMILES string of the molecule is CC(O)c1c(F)cccc1N1CCSCC1S(C)(=O)=O. The lowest BCUT2D eigenvalue weighted by Gasteiger charge is -2.37. The number of aliphatic hydroxyl groups is 1. The highest BCUT2D eigenvalue weighted by Crippen LogP contribution is 2.33.